The first-order chi connectivity index (χ1) is 14.1. The Bertz CT molecular complexity index is 1310. The van der Waals surface area contributed by atoms with Gasteiger partial charge in [-0.15, -0.1) is 0 Å². The zero-order valence-corrected chi connectivity index (χ0v) is 18.3. The quantitative estimate of drug-likeness (QED) is 0.534. The third-order valence-electron chi connectivity index (χ3n) is 4.05. The molecule has 0 saturated carbocycles. The number of benzene rings is 2. The molecule has 2 aromatic carbocycles. The van der Waals surface area contributed by atoms with Gasteiger partial charge in [-0.2, -0.15) is 4.99 Å². The Hall–Kier alpha value is -2.56. The monoisotopic (exact) mass is 470 g/mol. The van der Waals surface area contributed by atoms with Crippen molar-refractivity contribution in [2.75, 3.05) is 12.9 Å². The van der Waals surface area contributed by atoms with E-state index in [2.05, 4.69) is 4.99 Å². The Balaban J connectivity index is 2.22. The molecule has 11 heteroatoms. The highest BCUT2D eigenvalue weighted by Gasteiger charge is 2.18. The van der Waals surface area contributed by atoms with E-state index in [4.69, 9.17) is 16.3 Å². The summed E-state index contributed by atoms with van der Waals surface area (Å²) in [5.41, 5.74) is 0.0859. The van der Waals surface area contributed by atoms with Gasteiger partial charge in [-0.25, -0.2) is 12.8 Å². The number of nitrogens with zero attached hydrogens (tertiary/aromatic N) is 2. The van der Waals surface area contributed by atoms with Crippen molar-refractivity contribution in [3.8, 4) is 0 Å². The minimum absolute atomic E-state index is 0.0769. The Morgan fingerprint density at radius 3 is 2.63 bits per heavy atom. The van der Waals surface area contributed by atoms with Gasteiger partial charge < -0.3 is 9.30 Å². The van der Waals surface area contributed by atoms with Gasteiger partial charge in [0.15, 0.2) is 14.6 Å². The summed E-state index contributed by atoms with van der Waals surface area (Å²) >= 11 is 6.93. The van der Waals surface area contributed by atoms with E-state index < -0.39 is 33.1 Å². The molecule has 0 atom stereocenters. The third-order valence-corrected chi connectivity index (χ3v) is 6.52. The molecule has 30 heavy (non-hydrogen) atoms. The first-order valence-corrected chi connectivity index (χ1v) is 11.7. The molecule has 0 bridgehead atoms. The van der Waals surface area contributed by atoms with E-state index in [-0.39, 0.29) is 27.9 Å². The average molecular weight is 471 g/mol. The summed E-state index contributed by atoms with van der Waals surface area (Å²) in [6, 6.07) is 8.15. The number of amides is 1. The lowest BCUT2D eigenvalue weighted by molar-refractivity contribution is -0.143. The fourth-order valence-corrected chi connectivity index (χ4v) is 4.74. The molecule has 1 amide bonds. The molecule has 1 aromatic heterocycles. The number of sulfone groups is 1. The summed E-state index contributed by atoms with van der Waals surface area (Å²) in [7, 11) is -3.47. The molecule has 0 radical (unpaired) electrons. The molecule has 3 rings (SSSR count). The molecule has 158 valence electrons. The molecule has 0 saturated heterocycles. The number of esters is 1. The maximum atomic E-state index is 14.1. The van der Waals surface area contributed by atoms with Gasteiger partial charge in [0.2, 0.25) is 0 Å². The van der Waals surface area contributed by atoms with Crippen LogP contribution in [-0.2, 0) is 25.9 Å². The fourth-order valence-electron chi connectivity index (χ4n) is 2.70. The zero-order chi connectivity index (χ0) is 22.1. The van der Waals surface area contributed by atoms with Gasteiger partial charge >= 0.3 is 5.97 Å². The molecule has 1 heterocycles. The standard InChI is InChI=1S/C19H16ClFN2O5S2/c1-3-28-16(24)10-23-14-8-7-11(30(2,26)27)9-15(14)29-19(23)22-18(25)17-12(20)5-4-6-13(17)21/h4-9H,3,10H2,1-2H3. The molecule has 0 fully saturated rings. The second-order valence-electron chi connectivity index (χ2n) is 6.19. The van der Waals surface area contributed by atoms with E-state index in [1.54, 1.807) is 6.92 Å². The first-order valence-electron chi connectivity index (χ1n) is 8.64. The van der Waals surface area contributed by atoms with Crippen molar-refractivity contribution >= 4 is 54.9 Å². The van der Waals surface area contributed by atoms with E-state index >= 15 is 0 Å². The van der Waals surface area contributed by atoms with Gasteiger partial charge in [-0.3, -0.25) is 9.59 Å². The fraction of sp³-hybridized carbons (Fsp3) is 0.211. The van der Waals surface area contributed by atoms with Crippen LogP contribution in [-0.4, -0.2) is 37.7 Å². The van der Waals surface area contributed by atoms with Crippen molar-refractivity contribution in [1.82, 2.24) is 4.57 Å². The van der Waals surface area contributed by atoms with Crippen molar-refractivity contribution in [1.29, 1.82) is 0 Å². The molecule has 0 spiro atoms. The normalized spacial score (nSPS) is 12.3. The highest BCUT2D eigenvalue weighted by atomic mass is 35.5. The third kappa shape index (κ3) is 4.61. The van der Waals surface area contributed by atoms with Gasteiger partial charge in [0.05, 0.1) is 32.3 Å². The van der Waals surface area contributed by atoms with Crippen LogP contribution in [0, 0.1) is 5.82 Å². The summed E-state index contributed by atoms with van der Waals surface area (Å²) in [5, 5.41) is -0.0961. The zero-order valence-electron chi connectivity index (χ0n) is 15.9. The summed E-state index contributed by atoms with van der Waals surface area (Å²) in [5.74, 6) is -2.32. The van der Waals surface area contributed by atoms with Crippen LogP contribution in [0.5, 0.6) is 0 Å². The SMILES string of the molecule is CCOC(=O)Cn1c(=NC(=O)c2c(F)cccc2Cl)sc2cc(S(C)(=O)=O)ccc21. The molecular weight excluding hydrogens is 455 g/mol. The minimum Gasteiger partial charge on any atom is -0.465 e. The van der Waals surface area contributed by atoms with Crippen LogP contribution in [0.4, 0.5) is 4.39 Å². The van der Waals surface area contributed by atoms with Gasteiger partial charge in [-0.05, 0) is 37.3 Å². The molecule has 0 unspecified atom stereocenters. The number of halogens is 2. The molecule has 0 N–H and O–H groups in total. The smallest absolute Gasteiger partial charge is 0.326 e. The largest absolute Gasteiger partial charge is 0.465 e. The van der Waals surface area contributed by atoms with Crippen LogP contribution < -0.4 is 4.80 Å². The molecule has 0 aliphatic carbocycles. The maximum absolute atomic E-state index is 14.1. The van der Waals surface area contributed by atoms with E-state index in [1.807, 2.05) is 0 Å². The number of rotatable bonds is 5. The van der Waals surface area contributed by atoms with Crippen molar-refractivity contribution in [2.45, 2.75) is 18.4 Å². The molecule has 3 aromatic rings. The van der Waals surface area contributed by atoms with Gasteiger partial charge in [-0.1, -0.05) is 29.0 Å². The van der Waals surface area contributed by atoms with Crippen molar-refractivity contribution in [3.05, 3.63) is 57.6 Å². The lowest BCUT2D eigenvalue weighted by atomic mass is 10.2. The Labute approximate surface area is 180 Å². The van der Waals surface area contributed by atoms with Crippen LogP contribution in [0.3, 0.4) is 0 Å². The second-order valence-corrected chi connectivity index (χ2v) is 9.62. The second kappa shape index (κ2) is 8.66. The lowest BCUT2D eigenvalue weighted by Crippen LogP contribution is -2.23. The van der Waals surface area contributed by atoms with Gasteiger partial charge in [0, 0.05) is 6.26 Å². The van der Waals surface area contributed by atoms with E-state index in [0.717, 1.165) is 23.7 Å². The number of hydrogen-bond acceptors (Lipinski definition) is 6. The van der Waals surface area contributed by atoms with Crippen LogP contribution >= 0.6 is 22.9 Å². The van der Waals surface area contributed by atoms with E-state index in [1.165, 1.54) is 34.9 Å². The molecule has 7 nitrogen and oxygen atoms in total. The summed E-state index contributed by atoms with van der Waals surface area (Å²) < 4.78 is 44.7. The van der Waals surface area contributed by atoms with Crippen molar-refractivity contribution < 1.29 is 27.1 Å². The summed E-state index contributed by atoms with van der Waals surface area (Å²) in [6.07, 6.45) is 1.07. The Morgan fingerprint density at radius 1 is 1.27 bits per heavy atom. The van der Waals surface area contributed by atoms with Gasteiger partial charge in [0.25, 0.3) is 5.91 Å². The highest BCUT2D eigenvalue weighted by molar-refractivity contribution is 7.90. The van der Waals surface area contributed by atoms with E-state index in [9.17, 15) is 22.4 Å². The predicted octanol–water partition coefficient (Wildman–Crippen LogP) is 3.20. The van der Waals surface area contributed by atoms with Crippen molar-refractivity contribution in [2.24, 2.45) is 4.99 Å². The van der Waals surface area contributed by atoms with Gasteiger partial charge in [0.1, 0.15) is 12.4 Å². The topological polar surface area (TPSA) is 94.8 Å². The van der Waals surface area contributed by atoms with Crippen LogP contribution in [0.2, 0.25) is 5.02 Å². The predicted molar refractivity (Wildman–Crippen MR) is 111 cm³/mol. The lowest BCUT2D eigenvalue weighted by Gasteiger charge is -2.06. The summed E-state index contributed by atoms with van der Waals surface area (Å²) in [4.78, 5) is 28.8. The maximum Gasteiger partial charge on any atom is 0.326 e. The highest BCUT2D eigenvalue weighted by Crippen LogP contribution is 2.23. The van der Waals surface area contributed by atoms with Crippen LogP contribution in [0.25, 0.3) is 10.2 Å². The Kier molecular flexibility index (Phi) is 6.39. The number of carbonyl (C=O) groups excluding carboxylic acids is 2. The number of aromatic nitrogens is 1. The van der Waals surface area contributed by atoms with Crippen molar-refractivity contribution in [3.63, 3.8) is 0 Å². The number of fused-ring (bicyclic) bond motifs is 1. The Morgan fingerprint density at radius 2 is 2.00 bits per heavy atom. The summed E-state index contributed by atoms with van der Waals surface area (Å²) in [6.45, 7) is 1.56. The molecular formula is C19H16ClFN2O5S2. The average Bonchev–Trinajstić information content (AvgIpc) is 2.97. The number of hydrogen-bond donors (Lipinski definition) is 0. The molecule has 0 aliphatic heterocycles. The molecule has 0 aliphatic rings. The van der Waals surface area contributed by atoms with Crippen LogP contribution in [0.15, 0.2) is 46.3 Å². The first kappa shape index (κ1) is 22.1. The minimum atomic E-state index is -3.47. The number of thiazole rings is 1. The van der Waals surface area contributed by atoms with Crippen LogP contribution in [0.1, 0.15) is 17.3 Å². The van der Waals surface area contributed by atoms with E-state index in [0.29, 0.717) is 10.2 Å². The number of ether oxygens (including phenoxy) is 1. The number of carbonyl (C=O) groups is 2.